The minimum atomic E-state index is -0.0202. The lowest BCUT2D eigenvalue weighted by Crippen LogP contribution is -2.09. The van der Waals surface area contributed by atoms with Crippen LogP contribution in [0, 0.1) is 0 Å². The van der Waals surface area contributed by atoms with Crippen molar-refractivity contribution in [3.63, 3.8) is 0 Å². The normalized spacial score (nSPS) is 16.3. The molecule has 0 spiro atoms. The van der Waals surface area contributed by atoms with Crippen LogP contribution in [0.3, 0.4) is 0 Å². The highest BCUT2D eigenvalue weighted by Crippen LogP contribution is 2.21. The first-order chi connectivity index (χ1) is 7.36. The Labute approximate surface area is 86.9 Å². The van der Waals surface area contributed by atoms with Crippen molar-refractivity contribution in [2.45, 2.75) is 32.1 Å². The van der Waals surface area contributed by atoms with Gasteiger partial charge >= 0.3 is 0 Å². The van der Waals surface area contributed by atoms with Crippen LogP contribution in [0.1, 0.15) is 30.5 Å². The van der Waals surface area contributed by atoms with Crippen molar-refractivity contribution in [2.75, 3.05) is 0 Å². The second-order valence-corrected chi connectivity index (χ2v) is 4.07. The lowest BCUT2D eigenvalue weighted by Gasteiger charge is -1.95. The Morgan fingerprint density at radius 3 is 3.07 bits per heavy atom. The van der Waals surface area contributed by atoms with E-state index in [1.807, 2.05) is 6.20 Å². The van der Waals surface area contributed by atoms with Crippen LogP contribution in [0.5, 0.6) is 0 Å². The fourth-order valence-corrected chi connectivity index (χ4v) is 2.35. The number of nitrogens with one attached hydrogen (secondary N) is 1. The van der Waals surface area contributed by atoms with Gasteiger partial charge in [-0.05, 0) is 25.7 Å². The molecule has 2 aromatic heterocycles. The van der Waals surface area contributed by atoms with E-state index in [9.17, 15) is 4.79 Å². The predicted molar refractivity (Wildman–Crippen MR) is 57.1 cm³/mol. The molecule has 2 heterocycles. The van der Waals surface area contributed by atoms with Gasteiger partial charge in [0, 0.05) is 18.0 Å². The molecule has 0 fully saturated rings. The van der Waals surface area contributed by atoms with Crippen LogP contribution in [-0.4, -0.2) is 14.6 Å². The summed E-state index contributed by atoms with van der Waals surface area (Å²) in [6.45, 7) is 0. The number of aryl methyl sites for hydroxylation is 2. The van der Waals surface area contributed by atoms with Crippen molar-refractivity contribution in [3.8, 4) is 0 Å². The number of aromatic amines is 1. The minimum absolute atomic E-state index is 0.0202. The topological polar surface area (TPSA) is 50.2 Å². The van der Waals surface area contributed by atoms with Gasteiger partial charge in [-0.15, -0.1) is 0 Å². The molecule has 0 amide bonds. The molecule has 0 bridgehead atoms. The summed E-state index contributed by atoms with van der Waals surface area (Å²) in [7, 11) is 0. The van der Waals surface area contributed by atoms with E-state index < -0.39 is 0 Å². The number of hydrogen-bond donors (Lipinski definition) is 1. The average molecular weight is 203 g/mol. The largest absolute Gasteiger partial charge is 0.326 e. The SMILES string of the molecule is O=c1[nH]ccn2nc3c(c12)CCCCC3. The molecule has 1 aliphatic carbocycles. The smallest absolute Gasteiger partial charge is 0.274 e. The number of hydrogen-bond acceptors (Lipinski definition) is 2. The molecule has 1 aliphatic rings. The molecular formula is C11H13N3O. The molecule has 0 aliphatic heterocycles. The monoisotopic (exact) mass is 203 g/mol. The van der Waals surface area contributed by atoms with Gasteiger partial charge < -0.3 is 4.98 Å². The van der Waals surface area contributed by atoms with Crippen molar-refractivity contribution < 1.29 is 0 Å². The van der Waals surface area contributed by atoms with Crippen molar-refractivity contribution in [3.05, 3.63) is 34.0 Å². The van der Waals surface area contributed by atoms with Crippen LogP contribution in [0.15, 0.2) is 17.2 Å². The number of nitrogens with zero attached hydrogens (tertiary/aromatic N) is 2. The van der Waals surface area contributed by atoms with Gasteiger partial charge in [0.25, 0.3) is 5.56 Å². The third-order valence-corrected chi connectivity index (χ3v) is 3.08. The van der Waals surface area contributed by atoms with Crippen molar-refractivity contribution in [1.82, 2.24) is 14.6 Å². The van der Waals surface area contributed by atoms with Gasteiger partial charge in [-0.2, -0.15) is 5.10 Å². The lowest BCUT2D eigenvalue weighted by atomic mass is 10.1. The third kappa shape index (κ3) is 1.28. The van der Waals surface area contributed by atoms with Crippen LogP contribution < -0.4 is 5.56 Å². The highest BCUT2D eigenvalue weighted by atomic mass is 16.1. The Morgan fingerprint density at radius 1 is 1.27 bits per heavy atom. The van der Waals surface area contributed by atoms with E-state index in [0.717, 1.165) is 29.6 Å². The molecule has 0 unspecified atom stereocenters. The van der Waals surface area contributed by atoms with E-state index in [4.69, 9.17) is 0 Å². The van der Waals surface area contributed by atoms with Gasteiger partial charge in [0.1, 0.15) is 5.52 Å². The molecule has 0 aromatic carbocycles. The van der Waals surface area contributed by atoms with Gasteiger partial charge in [0.15, 0.2) is 0 Å². The average Bonchev–Trinajstić information content (AvgIpc) is 2.43. The highest BCUT2D eigenvalue weighted by Gasteiger charge is 2.16. The Morgan fingerprint density at radius 2 is 2.13 bits per heavy atom. The number of fused-ring (bicyclic) bond motifs is 3. The van der Waals surface area contributed by atoms with Crippen molar-refractivity contribution in [2.24, 2.45) is 0 Å². The molecule has 0 radical (unpaired) electrons. The zero-order chi connectivity index (χ0) is 10.3. The fourth-order valence-electron chi connectivity index (χ4n) is 2.35. The first kappa shape index (κ1) is 8.71. The summed E-state index contributed by atoms with van der Waals surface area (Å²) in [5.74, 6) is 0. The van der Waals surface area contributed by atoms with E-state index in [2.05, 4.69) is 10.1 Å². The molecule has 0 saturated heterocycles. The third-order valence-electron chi connectivity index (χ3n) is 3.08. The standard InChI is InChI=1S/C11H13N3O/c15-11-10-8-4-2-1-3-5-9(8)13-14(10)7-6-12-11/h6-7H,1-5H2,(H,12,15). The Bertz CT molecular complexity index is 552. The van der Waals surface area contributed by atoms with E-state index in [1.54, 1.807) is 10.7 Å². The number of H-pyrrole nitrogens is 1. The zero-order valence-corrected chi connectivity index (χ0v) is 8.49. The van der Waals surface area contributed by atoms with E-state index >= 15 is 0 Å². The van der Waals surface area contributed by atoms with E-state index in [1.165, 1.54) is 19.3 Å². The van der Waals surface area contributed by atoms with Gasteiger partial charge in [-0.1, -0.05) is 6.42 Å². The summed E-state index contributed by atoms with van der Waals surface area (Å²) in [5, 5.41) is 4.47. The number of rotatable bonds is 0. The van der Waals surface area contributed by atoms with Gasteiger partial charge in [0.2, 0.25) is 0 Å². The second kappa shape index (κ2) is 3.22. The maximum Gasteiger partial charge on any atom is 0.274 e. The molecule has 78 valence electrons. The summed E-state index contributed by atoms with van der Waals surface area (Å²) >= 11 is 0. The molecule has 2 aromatic rings. The van der Waals surface area contributed by atoms with Crippen molar-refractivity contribution in [1.29, 1.82) is 0 Å². The fraction of sp³-hybridized carbons (Fsp3) is 0.455. The maximum absolute atomic E-state index is 11.7. The summed E-state index contributed by atoms with van der Waals surface area (Å²) < 4.78 is 1.72. The van der Waals surface area contributed by atoms with E-state index in [0.29, 0.717) is 0 Å². The number of aromatic nitrogens is 3. The zero-order valence-electron chi connectivity index (χ0n) is 8.49. The molecule has 1 N–H and O–H groups in total. The van der Waals surface area contributed by atoms with Crippen LogP contribution in [0.4, 0.5) is 0 Å². The molecule has 3 rings (SSSR count). The summed E-state index contributed by atoms with van der Waals surface area (Å²) in [6.07, 6.45) is 9.06. The van der Waals surface area contributed by atoms with E-state index in [-0.39, 0.29) is 5.56 Å². The molecule has 4 nitrogen and oxygen atoms in total. The summed E-state index contributed by atoms with van der Waals surface area (Å²) in [4.78, 5) is 14.4. The van der Waals surface area contributed by atoms with Crippen LogP contribution in [-0.2, 0) is 12.8 Å². The molecule has 0 saturated carbocycles. The minimum Gasteiger partial charge on any atom is -0.326 e. The molecule has 0 atom stereocenters. The first-order valence-corrected chi connectivity index (χ1v) is 5.44. The van der Waals surface area contributed by atoms with Crippen LogP contribution in [0.2, 0.25) is 0 Å². The van der Waals surface area contributed by atoms with Gasteiger partial charge in [0.05, 0.1) is 5.69 Å². The Balaban J connectivity index is 2.34. The maximum atomic E-state index is 11.7. The second-order valence-electron chi connectivity index (χ2n) is 4.07. The van der Waals surface area contributed by atoms with Gasteiger partial charge in [-0.3, -0.25) is 4.79 Å². The Hall–Kier alpha value is -1.58. The van der Waals surface area contributed by atoms with Crippen LogP contribution >= 0.6 is 0 Å². The quantitative estimate of drug-likeness (QED) is 0.656. The summed E-state index contributed by atoms with van der Waals surface area (Å²) in [6, 6.07) is 0. The van der Waals surface area contributed by atoms with Crippen molar-refractivity contribution >= 4 is 5.52 Å². The summed E-state index contributed by atoms with van der Waals surface area (Å²) in [5.41, 5.74) is 3.00. The van der Waals surface area contributed by atoms with Crippen LogP contribution in [0.25, 0.3) is 5.52 Å². The van der Waals surface area contributed by atoms with Gasteiger partial charge in [-0.25, -0.2) is 4.52 Å². The molecular weight excluding hydrogens is 190 g/mol. The Kier molecular flexibility index (Phi) is 1.87. The predicted octanol–water partition coefficient (Wildman–Crippen LogP) is 1.29. The molecule has 4 heteroatoms. The molecule has 15 heavy (non-hydrogen) atoms. The first-order valence-electron chi connectivity index (χ1n) is 5.44. The lowest BCUT2D eigenvalue weighted by molar-refractivity contribution is 0.699. The highest BCUT2D eigenvalue weighted by molar-refractivity contribution is 5.55.